The normalized spacial score (nSPS) is 10.4. The maximum Gasteiger partial charge on any atom is 0.148 e. The monoisotopic (exact) mass is 207 g/mol. The molecule has 0 atom stereocenters. The SMILES string of the molecule is CCCNc1cc(-c2ccsc2)[nH]n1. The van der Waals surface area contributed by atoms with Crippen molar-refractivity contribution in [2.75, 3.05) is 11.9 Å². The van der Waals surface area contributed by atoms with Crippen LogP contribution < -0.4 is 5.32 Å². The van der Waals surface area contributed by atoms with Crippen LogP contribution in [0.2, 0.25) is 0 Å². The molecular weight excluding hydrogens is 194 g/mol. The van der Waals surface area contributed by atoms with E-state index in [4.69, 9.17) is 0 Å². The van der Waals surface area contributed by atoms with Crippen LogP contribution in [0, 0.1) is 0 Å². The summed E-state index contributed by atoms with van der Waals surface area (Å²) in [5.41, 5.74) is 2.27. The van der Waals surface area contributed by atoms with Crippen molar-refractivity contribution in [1.82, 2.24) is 10.2 Å². The molecule has 0 aliphatic heterocycles. The second-order valence-electron chi connectivity index (χ2n) is 3.11. The van der Waals surface area contributed by atoms with E-state index in [1.165, 1.54) is 5.56 Å². The topological polar surface area (TPSA) is 40.7 Å². The van der Waals surface area contributed by atoms with Crippen LogP contribution in [0.3, 0.4) is 0 Å². The Hall–Kier alpha value is -1.29. The van der Waals surface area contributed by atoms with Gasteiger partial charge < -0.3 is 5.32 Å². The van der Waals surface area contributed by atoms with Gasteiger partial charge in [-0.1, -0.05) is 6.92 Å². The van der Waals surface area contributed by atoms with E-state index in [0.29, 0.717) is 0 Å². The number of thiophene rings is 1. The van der Waals surface area contributed by atoms with Crippen molar-refractivity contribution >= 4 is 17.2 Å². The van der Waals surface area contributed by atoms with Gasteiger partial charge in [0.1, 0.15) is 5.82 Å². The quantitative estimate of drug-likeness (QED) is 0.809. The smallest absolute Gasteiger partial charge is 0.148 e. The van der Waals surface area contributed by atoms with Gasteiger partial charge in [0.15, 0.2) is 0 Å². The average molecular weight is 207 g/mol. The summed E-state index contributed by atoms with van der Waals surface area (Å²) in [6, 6.07) is 4.12. The number of nitrogens with zero attached hydrogens (tertiary/aromatic N) is 1. The summed E-state index contributed by atoms with van der Waals surface area (Å²) in [6.45, 7) is 3.10. The Morgan fingerprint density at radius 1 is 1.57 bits per heavy atom. The first-order valence-electron chi connectivity index (χ1n) is 4.72. The van der Waals surface area contributed by atoms with Crippen molar-refractivity contribution in [3.05, 3.63) is 22.9 Å². The first-order valence-corrected chi connectivity index (χ1v) is 5.66. The Bertz CT molecular complexity index is 378. The Morgan fingerprint density at radius 3 is 3.21 bits per heavy atom. The summed E-state index contributed by atoms with van der Waals surface area (Å²) in [7, 11) is 0. The molecule has 0 radical (unpaired) electrons. The average Bonchev–Trinajstić information content (AvgIpc) is 2.85. The van der Waals surface area contributed by atoms with Crippen LogP contribution in [-0.4, -0.2) is 16.7 Å². The highest BCUT2D eigenvalue weighted by atomic mass is 32.1. The molecule has 14 heavy (non-hydrogen) atoms. The molecule has 2 aromatic rings. The molecule has 3 nitrogen and oxygen atoms in total. The summed E-state index contributed by atoms with van der Waals surface area (Å²) in [4.78, 5) is 0. The molecule has 4 heteroatoms. The van der Waals surface area contributed by atoms with Crippen molar-refractivity contribution < 1.29 is 0 Å². The van der Waals surface area contributed by atoms with Crippen molar-refractivity contribution in [2.45, 2.75) is 13.3 Å². The molecule has 0 saturated heterocycles. The number of aromatic amines is 1. The number of anilines is 1. The highest BCUT2D eigenvalue weighted by Crippen LogP contribution is 2.21. The van der Waals surface area contributed by atoms with Crippen molar-refractivity contribution in [2.24, 2.45) is 0 Å². The molecule has 0 amide bonds. The van der Waals surface area contributed by atoms with Gasteiger partial charge in [0, 0.05) is 23.6 Å². The van der Waals surface area contributed by atoms with Gasteiger partial charge in [0.05, 0.1) is 5.69 Å². The predicted molar refractivity (Wildman–Crippen MR) is 60.7 cm³/mol. The first kappa shape index (κ1) is 9.27. The summed E-state index contributed by atoms with van der Waals surface area (Å²) in [5, 5.41) is 14.6. The Morgan fingerprint density at radius 2 is 2.50 bits per heavy atom. The molecule has 2 heterocycles. The van der Waals surface area contributed by atoms with Crippen LogP contribution in [0.5, 0.6) is 0 Å². The zero-order valence-electron chi connectivity index (χ0n) is 8.08. The highest BCUT2D eigenvalue weighted by Gasteiger charge is 2.02. The zero-order chi connectivity index (χ0) is 9.80. The van der Waals surface area contributed by atoms with Crippen LogP contribution >= 0.6 is 11.3 Å². The lowest BCUT2D eigenvalue weighted by Crippen LogP contribution is -1.99. The third-order valence-electron chi connectivity index (χ3n) is 1.97. The van der Waals surface area contributed by atoms with E-state index in [0.717, 1.165) is 24.5 Å². The van der Waals surface area contributed by atoms with E-state index < -0.39 is 0 Å². The van der Waals surface area contributed by atoms with Gasteiger partial charge in [-0.15, -0.1) is 0 Å². The van der Waals surface area contributed by atoms with E-state index in [-0.39, 0.29) is 0 Å². The molecule has 0 bridgehead atoms. The molecule has 0 aliphatic carbocycles. The number of hydrogen-bond donors (Lipinski definition) is 2. The van der Waals surface area contributed by atoms with Gasteiger partial charge in [0.25, 0.3) is 0 Å². The first-order chi connectivity index (χ1) is 6.90. The minimum atomic E-state index is 0.924. The van der Waals surface area contributed by atoms with Crippen molar-refractivity contribution in [3.63, 3.8) is 0 Å². The van der Waals surface area contributed by atoms with Gasteiger partial charge in [-0.05, 0) is 17.9 Å². The third kappa shape index (κ3) is 1.96. The lowest BCUT2D eigenvalue weighted by atomic mass is 10.2. The molecule has 2 aromatic heterocycles. The highest BCUT2D eigenvalue weighted by molar-refractivity contribution is 7.08. The number of rotatable bonds is 4. The molecule has 0 aliphatic rings. The molecule has 74 valence electrons. The zero-order valence-corrected chi connectivity index (χ0v) is 8.90. The van der Waals surface area contributed by atoms with E-state index >= 15 is 0 Å². The lowest BCUT2D eigenvalue weighted by Gasteiger charge is -1.96. The molecule has 0 fully saturated rings. The fourth-order valence-electron chi connectivity index (χ4n) is 1.23. The molecule has 2 rings (SSSR count). The summed E-state index contributed by atoms with van der Waals surface area (Å²) in [5.74, 6) is 0.924. The number of H-pyrrole nitrogens is 1. The Balaban J connectivity index is 2.10. The number of nitrogens with one attached hydrogen (secondary N) is 2. The summed E-state index contributed by atoms with van der Waals surface area (Å²) >= 11 is 1.69. The van der Waals surface area contributed by atoms with E-state index in [2.05, 4.69) is 39.3 Å². The standard InChI is InChI=1S/C10H13N3S/c1-2-4-11-10-6-9(12-13-10)8-3-5-14-7-8/h3,5-7H,2,4H2,1H3,(H2,11,12,13). The molecule has 0 aromatic carbocycles. The molecule has 0 saturated carbocycles. The molecular formula is C10H13N3S. The fraction of sp³-hybridized carbons (Fsp3) is 0.300. The van der Waals surface area contributed by atoms with Crippen LogP contribution in [0.4, 0.5) is 5.82 Å². The second kappa shape index (κ2) is 4.28. The molecule has 2 N–H and O–H groups in total. The summed E-state index contributed by atoms with van der Waals surface area (Å²) in [6.07, 6.45) is 1.11. The number of aromatic nitrogens is 2. The van der Waals surface area contributed by atoms with Crippen molar-refractivity contribution in [1.29, 1.82) is 0 Å². The van der Waals surface area contributed by atoms with Gasteiger partial charge >= 0.3 is 0 Å². The van der Waals surface area contributed by atoms with Crippen LogP contribution in [0.15, 0.2) is 22.9 Å². The largest absolute Gasteiger partial charge is 0.369 e. The summed E-state index contributed by atoms with van der Waals surface area (Å²) < 4.78 is 0. The predicted octanol–water partition coefficient (Wildman–Crippen LogP) is 2.96. The van der Waals surface area contributed by atoms with Gasteiger partial charge in [-0.3, -0.25) is 5.10 Å². The minimum absolute atomic E-state index is 0.924. The number of hydrogen-bond acceptors (Lipinski definition) is 3. The lowest BCUT2D eigenvalue weighted by molar-refractivity contribution is 0.961. The Labute approximate surface area is 87.2 Å². The van der Waals surface area contributed by atoms with E-state index in [9.17, 15) is 0 Å². The fourth-order valence-corrected chi connectivity index (χ4v) is 1.89. The van der Waals surface area contributed by atoms with Gasteiger partial charge in [-0.2, -0.15) is 16.4 Å². The van der Waals surface area contributed by atoms with Gasteiger partial charge in [-0.25, -0.2) is 0 Å². The van der Waals surface area contributed by atoms with Crippen molar-refractivity contribution in [3.8, 4) is 11.3 Å². The van der Waals surface area contributed by atoms with Crippen LogP contribution in [0.25, 0.3) is 11.3 Å². The minimum Gasteiger partial charge on any atom is -0.369 e. The Kier molecular flexibility index (Phi) is 2.84. The molecule has 0 unspecified atom stereocenters. The second-order valence-corrected chi connectivity index (χ2v) is 3.89. The van der Waals surface area contributed by atoms with E-state index in [1.807, 2.05) is 6.07 Å². The maximum absolute atomic E-state index is 4.18. The van der Waals surface area contributed by atoms with Gasteiger partial charge in [0.2, 0.25) is 0 Å². The third-order valence-corrected chi connectivity index (χ3v) is 2.65. The van der Waals surface area contributed by atoms with Crippen LogP contribution in [0.1, 0.15) is 13.3 Å². The maximum atomic E-state index is 4.18. The van der Waals surface area contributed by atoms with E-state index in [1.54, 1.807) is 11.3 Å². The molecule has 0 spiro atoms. The van der Waals surface area contributed by atoms with Crippen LogP contribution in [-0.2, 0) is 0 Å².